The summed E-state index contributed by atoms with van der Waals surface area (Å²) in [5.74, 6) is -2.60. The molecular weight excluding hydrogens is 246 g/mol. The fraction of sp³-hybridized carbons (Fsp3) is 0. The van der Waals surface area contributed by atoms with E-state index in [1.807, 2.05) is 0 Å². The molecule has 0 heterocycles. The van der Waals surface area contributed by atoms with E-state index >= 15 is 0 Å². The molecule has 0 radical (unpaired) electrons. The largest absolute Gasteiger partial charge is 0.412 e. The van der Waals surface area contributed by atoms with Crippen LogP contribution in [0, 0.1) is 0 Å². The number of rotatable bonds is 3. The van der Waals surface area contributed by atoms with Crippen molar-refractivity contribution in [2.75, 3.05) is 0 Å². The second-order valence-electron chi connectivity index (χ2n) is 2.82. The molecule has 0 aromatic heterocycles. The van der Waals surface area contributed by atoms with Gasteiger partial charge in [0.2, 0.25) is 17.7 Å². The van der Waals surface area contributed by atoms with E-state index in [1.165, 1.54) is 18.2 Å². The zero-order valence-corrected chi connectivity index (χ0v) is 9.19. The number of hydrogen-bond acceptors (Lipinski definition) is 3. The van der Waals surface area contributed by atoms with E-state index in [0.717, 1.165) is 0 Å². The summed E-state index contributed by atoms with van der Waals surface area (Å²) in [6, 6.07) is 4.00. The summed E-state index contributed by atoms with van der Waals surface area (Å²) >= 11 is 0. The van der Waals surface area contributed by atoms with E-state index in [0.29, 0.717) is 0 Å². The van der Waals surface area contributed by atoms with Crippen LogP contribution in [0.1, 0.15) is 31.1 Å². The van der Waals surface area contributed by atoms with Gasteiger partial charge in [0.1, 0.15) is 0 Å². The Hall–Kier alpha value is -2.49. The quantitative estimate of drug-likeness (QED) is 0.503. The molecule has 0 aliphatic rings. The molecule has 0 saturated carbocycles. The highest BCUT2D eigenvalue weighted by Crippen LogP contribution is 2.13. The summed E-state index contributed by atoms with van der Waals surface area (Å²) in [5, 5.41) is 0. The summed E-state index contributed by atoms with van der Waals surface area (Å²) in [6.45, 7) is 0. The van der Waals surface area contributed by atoms with Crippen LogP contribution in [0.5, 0.6) is 0 Å². The van der Waals surface area contributed by atoms with E-state index in [4.69, 9.17) is 17.2 Å². The van der Waals surface area contributed by atoms with Gasteiger partial charge in [-0.3, -0.25) is 14.4 Å². The minimum atomic E-state index is -0.918. The fourth-order valence-corrected chi connectivity index (χ4v) is 1.23. The Kier molecular flexibility index (Phi) is 8.96. The first-order valence-electron chi connectivity index (χ1n) is 3.97. The van der Waals surface area contributed by atoms with Crippen LogP contribution < -0.4 is 17.2 Å². The third kappa shape index (κ3) is 3.83. The Morgan fingerprint density at radius 3 is 1.28 bits per heavy atom. The predicted octanol–water partition coefficient (Wildman–Crippen LogP) is -3.49. The summed E-state index contributed by atoms with van der Waals surface area (Å²) in [6.07, 6.45) is 0. The van der Waals surface area contributed by atoms with Gasteiger partial charge in [-0.25, -0.2) is 0 Å². The van der Waals surface area contributed by atoms with Crippen LogP contribution >= 0.6 is 0 Å². The molecule has 0 aliphatic carbocycles. The van der Waals surface area contributed by atoms with Gasteiger partial charge in [0.25, 0.3) is 0 Å². The van der Waals surface area contributed by atoms with Crippen molar-refractivity contribution >= 4 is 17.7 Å². The SMILES string of the molecule is NC(=O)c1cccc(C(N)=O)c1C(N)=O.O.O.O. The van der Waals surface area contributed by atoms with Crippen LogP contribution in [-0.2, 0) is 0 Å². The van der Waals surface area contributed by atoms with Crippen molar-refractivity contribution in [2.45, 2.75) is 0 Å². The summed E-state index contributed by atoms with van der Waals surface area (Å²) in [4.78, 5) is 33.0. The normalized spacial score (nSPS) is 8.00. The average Bonchev–Trinajstić information content (AvgIpc) is 2.16. The van der Waals surface area contributed by atoms with Gasteiger partial charge in [0, 0.05) is 0 Å². The van der Waals surface area contributed by atoms with Gasteiger partial charge in [0.15, 0.2) is 0 Å². The first-order valence-corrected chi connectivity index (χ1v) is 3.97. The minimum absolute atomic E-state index is 0. The van der Waals surface area contributed by atoms with Crippen molar-refractivity contribution in [1.29, 1.82) is 0 Å². The number of carbonyl (C=O) groups excluding carboxylic acids is 3. The molecule has 1 rings (SSSR count). The van der Waals surface area contributed by atoms with Crippen LogP contribution in [0.2, 0.25) is 0 Å². The Morgan fingerprint density at radius 2 is 1.06 bits per heavy atom. The second-order valence-corrected chi connectivity index (χ2v) is 2.82. The lowest BCUT2D eigenvalue weighted by atomic mass is 9.99. The van der Waals surface area contributed by atoms with E-state index in [1.54, 1.807) is 0 Å². The lowest BCUT2D eigenvalue weighted by Crippen LogP contribution is -2.25. The number of hydrogen-bond donors (Lipinski definition) is 3. The van der Waals surface area contributed by atoms with Gasteiger partial charge in [-0.15, -0.1) is 0 Å². The summed E-state index contributed by atoms with van der Waals surface area (Å²) < 4.78 is 0. The van der Waals surface area contributed by atoms with Crippen molar-refractivity contribution in [2.24, 2.45) is 17.2 Å². The lowest BCUT2D eigenvalue weighted by molar-refractivity contribution is 0.0954. The molecule has 12 N–H and O–H groups in total. The molecule has 0 fully saturated rings. The first kappa shape index (κ1) is 20.9. The predicted molar refractivity (Wildman–Crippen MR) is 62.8 cm³/mol. The minimum Gasteiger partial charge on any atom is -0.412 e. The molecule has 3 amide bonds. The maximum atomic E-state index is 11.1. The number of primary amides is 3. The van der Waals surface area contributed by atoms with Gasteiger partial charge in [-0.05, 0) is 12.1 Å². The topological polar surface area (TPSA) is 224 Å². The van der Waals surface area contributed by atoms with Gasteiger partial charge in [-0.2, -0.15) is 0 Å². The van der Waals surface area contributed by atoms with Crippen LogP contribution in [0.25, 0.3) is 0 Å². The van der Waals surface area contributed by atoms with E-state index in [2.05, 4.69) is 0 Å². The molecule has 1 aromatic carbocycles. The second kappa shape index (κ2) is 7.73. The Labute approximate surface area is 101 Å². The molecule has 0 atom stereocenters. The standard InChI is InChI=1S/C9H9N3O3.3H2O/c10-7(13)4-2-1-3-5(8(11)14)6(4)9(12)15;;;/h1-3H,(H2,10,13)(H2,11,14)(H2,12,15);3*1H2. The Morgan fingerprint density at radius 1 is 0.722 bits per heavy atom. The highest BCUT2D eigenvalue weighted by Gasteiger charge is 2.19. The van der Waals surface area contributed by atoms with E-state index in [-0.39, 0.29) is 33.1 Å². The molecule has 18 heavy (non-hydrogen) atoms. The molecule has 0 unspecified atom stereocenters. The molecular formula is C9H15N3O6. The average molecular weight is 261 g/mol. The summed E-state index contributed by atoms with van der Waals surface area (Å²) in [7, 11) is 0. The number of nitrogens with two attached hydrogens (primary N) is 3. The van der Waals surface area contributed by atoms with E-state index in [9.17, 15) is 14.4 Å². The van der Waals surface area contributed by atoms with Crippen molar-refractivity contribution < 1.29 is 30.8 Å². The van der Waals surface area contributed by atoms with Crippen LogP contribution in [0.15, 0.2) is 18.2 Å². The maximum absolute atomic E-state index is 11.1. The maximum Gasteiger partial charge on any atom is 0.250 e. The van der Waals surface area contributed by atoms with Gasteiger partial charge in [-0.1, -0.05) is 6.07 Å². The molecule has 0 bridgehead atoms. The zero-order valence-electron chi connectivity index (χ0n) is 9.19. The molecule has 0 saturated heterocycles. The molecule has 1 aromatic rings. The van der Waals surface area contributed by atoms with Crippen LogP contribution in [-0.4, -0.2) is 34.2 Å². The van der Waals surface area contributed by atoms with Crippen molar-refractivity contribution in [3.63, 3.8) is 0 Å². The number of benzene rings is 1. The fourth-order valence-electron chi connectivity index (χ4n) is 1.23. The molecule has 9 nitrogen and oxygen atoms in total. The Balaban J connectivity index is -0.000000750. The molecule has 9 heteroatoms. The van der Waals surface area contributed by atoms with Crippen molar-refractivity contribution in [3.8, 4) is 0 Å². The third-order valence-electron chi connectivity index (χ3n) is 1.84. The Bertz CT molecular complexity index is 427. The molecule has 0 aliphatic heterocycles. The van der Waals surface area contributed by atoms with Gasteiger partial charge >= 0.3 is 0 Å². The first-order chi connectivity index (χ1) is 6.95. The monoisotopic (exact) mass is 261 g/mol. The van der Waals surface area contributed by atoms with E-state index < -0.39 is 17.7 Å². The molecule has 0 spiro atoms. The third-order valence-corrected chi connectivity index (χ3v) is 1.84. The smallest absolute Gasteiger partial charge is 0.250 e. The summed E-state index contributed by atoms with van der Waals surface area (Å²) in [5.41, 5.74) is 14.6. The number of amides is 3. The van der Waals surface area contributed by atoms with Gasteiger partial charge < -0.3 is 33.6 Å². The van der Waals surface area contributed by atoms with Crippen LogP contribution in [0.3, 0.4) is 0 Å². The number of carbonyl (C=O) groups is 3. The highest BCUT2D eigenvalue weighted by molar-refractivity contribution is 6.13. The molecule has 102 valence electrons. The highest BCUT2D eigenvalue weighted by atomic mass is 16.2. The van der Waals surface area contributed by atoms with Crippen molar-refractivity contribution in [1.82, 2.24) is 0 Å². The van der Waals surface area contributed by atoms with Crippen molar-refractivity contribution in [3.05, 3.63) is 34.9 Å². The van der Waals surface area contributed by atoms with Gasteiger partial charge in [0.05, 0.1) is 16.7 Å². The zero-order chi connectivity index (χ0) is 11.6. The lowest BCUT2D eigenvalue weighted by Gasteiger charge is -2.06. The van der Waals surface area contributed by atoms with Crippen LogP contribution in [0.4, 0.5) is 0 Å².